The van der Waals surface area contributed by atoms with Crippen LogP contribution in [-0.2, 0) is 21.5 Å². The number of urea groups is 1. The number of hydrogen-bond donors (Lipinski definition) is 3. The summed E-state index contributed by atoms with van der Waals surface area (Å²) in [4.78, 5) is 57.1. The van der Waals surface area contributed by atoms with Crippen LogP contribution in [0.15, 0.2) is 59.4 Å². The topological polar surface area (TPSA) is 124 Å². The Bertz CT molecular complexity index is 1220. The van der Waals surface area contributed by atoms with Crippen LogP contribution < -0.4 is 16.3 Å². The molecule has 0 bridgehead atoms. The number of hydrazine groups is 1. The molecule has 0 unspecified atom stereocenters. The van der Waals surface area contributed by atoms with Crippen molar-refractivity contribution in [3.8, 4) is 0 Å². The molecule has 0 radical (unpaired) electrons. The second kappa shape index (κ2) is 8.02. The number of fused-ring (bicyclic) bond motifs is 1. The van der Waals surface area contributed by atoms with Gasteiger partial charge in [-0.3, -0.25) is 19.8 Å². The van der Waals surface area contributed by atoms with Gasteiger partial charge in [0.15, 0.2) is 0 Å². The second-order valence-corrected chi connectivity index (χ2v) is 7.26. The van der Waals surface area contributed by atoms with Crippen LogP contribution in [0.4, 0.5) is 4.79 Å². The van der Waals surface area contributed by atoms with Crippen molar-refractivity contribution in [1.82, 2.24) is 25.7 Å². The summed E-state index contributed by atoms with van der Waals surface area (Å²) in [6, 6.07) is 15.1. The number of aromatic nitrogens is 2. The summed E-state index contributed by atoms with van der Waals surface area (Å²) in [6.07, 6.45) is 0.409. The predicted molar refractivity (Wildman–Crippen MR) is 113 cm³/mol. The van der Waals surface area contributed by atoms with Crippen molar-refractivity contribution in [2.45, 2.75) is 31.7 Å². The molecule has 3 N–H and O–H groups in total. The number of nitrogens with one attached hydrogen (secondary N) is 3. The van der Waals surface area contributed by atoms with Crippen molar-refractivity contribution in [1.29, 1.82) is 0 Å². The Hall–Kier alpha value is -4.01. The highest BCUT2D eigenvalue weighted by Gasteiger charge is 2.52. The van der Waals surface area contributed by atoms with Crippen molar-refractivity contribution in [3.63, 3.8) is 0 Å². The van der Waals surface area contributed by atoms with Crippen molar-refractivity contribution in [2.75, 3.05) is 0 Å². The smallest absolute Gasteiger partial charge is 0.318 e. The van der Waals surface area contributed by atoms with Crippen molar-refractivity contribution >= 4 is 28.7 Å². The molecule has 1 atom stereocenters. The Balaban J connectivity index is 1.46. The number of benzene rings is 2. The summed E-state index contributed by atoms with van der Waals surface area (Å²) < 4.78 is 0. The van der Waals surface area contributed by atoms with Crippen molar-refractivity contribution in [3.05, 3.63) is 76.3 Å². The largest absolute Gasteiger partial charge is 0.344 e. The van der Waals surface area contributed by atoms with Crippen LogP contribution in [0.5, 0.6) is 0 Å². The molecule has 1 aliphatic rings. The average Bonchev–Trinajstić information content (AvgIpc) is 3.03. The lowest BCUT2D eigenvalue weighted by molar-refractivity contribution is -0.139. The van der Waals surface area contributed by atoms with Gasteiger partial charge in [-0.15, -0.1) is 0 Å². The fraction of sp³-hybridized carbons (Fsp3) is 0.227. The first-order valence-corrected chi connectivity index (χ1v) is 9.94. The van der Waals surface area contributed by atoms with Crippen LogP contribution in [-0.4, -0.2) is 32.8 Å². The third kappa shape index (κ3) is 3.65. The number of hydrogen-bond acceptors (Lipinski definition) is 5. The maximum Gasteiger partial charge on any atom is 0.344 e. The van der Waals surface area contributed by atoms with E-state index in [2.05, 4.69) is 20.7 Å². The first-order valence-electron chi connectivity index (χ1n) is 9.94. The van der Waals surface area contributed by atoms with E-state index in [4.69, 9.17) is 0 Å². The molecule has 4 amide bonds. The van der Waals surface area contributed by atoms with Crippen LogP contribution >= 0.6 is 0 Å². The number of H-pyrrole nitrogens is 1. The highest BCUT2D eigenvalue weighted by molar-refractivity contribution is 6.08. The average molecular weight is 419 g/mol. The Morgan fingerprint density at radius 3 is 2.52 bits per heavy atom. The summed E-state index contributed by atoms with van der Waals surface area (Å²) in [7, 11) is 0. The number of imide groups is 1. The zero-order valence-corrected chi connectivity index (χ0v) is 16.8. The summed E-state index contributed by atoms with van der Waals surface area (Å²) in [5.41, 5.74) is 2.04. The van der Waals surface area contributed by atoms with Gasteiger partial charge in [-0.2, -0.15) is 5.01 Å². The quantitative estimate of drug-likeness (QED) is 0.525. The van der Waals surface area contributed by atoms with Gasteiger partial charge in [-0.05, 0) is 24.1 Å². The molecule has 158 valence electrons. The molecule has 0 saturated carbocycles. The van der Waals surface area contributed by atoms with Crippen LogP contribution in [0.25, 0.3) is 10.9 Å². The van der Waals surface area contributed by atoms with Gasteiger partial charge in [-0.1, -0.05) is 49.4 Å². The number of nitrogens with zero attached hydrogens (tertiary/aromatic N) is 2. The predicted octanol–water partition coefficient (Wildman–Crippen LogP) is 1.74. The van der Waals surface area contributed by atoms with Gasteiger partial charge >= 0.3 is 6.03 Å². The third-order valence-electron chi connectivity index (χ3n) is 5.38. The van der Waals surface area contributed by atoms with Gasteiger partial charge in [0.25, 0.3) is 11.5 Å². The molecule has 0 aliphatic carbocycles. The van der Waals surface area contributed by atoms with Crippen LogP contribution in [0.1, 0.15) is 31.2 Å². The maximum absolute atomic E-state index is 13.0. The number of rotatable bonds is 6. The number of carbonyl (C=O) groups excluding carboxylic acids is 3. The van der Waals surface area contributed by atoms with Crippen LogP contribution in [0.2, 0.25) is 0 Å². The lowest BCUT2D eigenvalue weighted by atomic mass is 9.87. The number of carbonyl (C=O) groups is 3. The standard InChI is InChI=1S/C22H21N5O4/c1-2-22(14-8-4-3-5-9-14)20(30)27(21(31)25-22)26-18(28)13-12-17-23-16-11-7-6-10-15(16)19(29)24-17/h3-11H,2,12-13H2,1H3,(H,25,31)(H,26,28)(H,23,24,29)/t22-/m0/s1. The Morgan fingerprint density at radius 2 is 1.77 bits per heavy atom. The molecule has 1 aliphatic heterocycles. The molecule has 1 fully saturated rings. The van der Waals surface area contributed by atoms with E-state index in [0.29, 0.717) is 28.7 Å². The normalized spacial score (nSPS) is 18.3. The second-order valence-electron chi connectivity index (χ2n) is 7.26. The monoisotopic (exact) mass is 419 g/mol. The van der Waals surface area contributed by atoms with Gasteiger partial charge in [0.05, 0.1) is 10.9 Å². The van der Waals surface area contributed by atoms with E-state index in [9.17, 15) is 19.2 Å². The van der Waals surface area contributed by atoms with Gasteiger partial charge in [-0.25, -0.2) is 9.78 Å². The minimum Gasteiger partial charge on any atom is -0.318 e. The van der Waals surface area contributed by atoms with E-state index in [1.165, 1.54) is 0 Å². The number of para-hydroxylation sites is 1. The van der Waals surface area contributed by atoms with Gasteiger partial charge in [0.2, 0.25) is 5.91 Å². The molecule has 0 spiro atoms. The molecule has 2 heterocycles. The van der Waals surface area contributed by atoms with Gasteiger partial charge in [0.1, 0.15) is 11.4 Å². The van der Waals surface area contributed by atoms with E-state index in [0.717, 1.165) is 5.01 Å². The fourth-order valence-corrected chi connectivity index (χ4v) is 3.70. The summed E-state index contributed by atoms with van der Waals surface area (Å²) in [5, 5.41) is 3.89. The van der Waals surface area contributed by atoms with E-state index in [1.807, 2.05) is 6.07 Å². The van der Waals surface area contributed by atoms with E-state index >= 15 is 0 Å². The van der Waals surface area contributed by atoms with Crippen LogP contribution in [0, 0.1) is 0 Å². The lowest BCUT2D eigenvalue weighted by Gasteiger charge is -2.25. The number of aromatic amines is 1. The third-order valence-corrected chi connectivity index (χ3v) is 5.38. The molecular formula is C22H21N5O4. The minimum absolute atomic E-state index is 0.0667. The van der Waals surface area contributed by atoms with Crippen LogP contribution in [0.3, 0.4) is 0 Å². The molecule has 1 aromatic heterocycles. The van der Waals surface area contributed by atoms with E-state index < -0.39 is 23.4 Å². The summed E-state index contributed by atoms with van der Waals surface area (Å²) in [6.45, 7) is 1.79. The molecule has 31 heavy (non-hydrogen) atoms. The maximum atomic E-state index is 13.0. The zero-order chi connectivity index (χ0) is 22.0. The number of aryl methyl sites for hydroxylation is 1. The molecule has 3 aromatic rings. The van der Waals surface area contributed by atoms with Crippen molar-refractivity contribution in [2.24, 2.45) is 0 Å². The Morgan fingerprint density at radius 1 is 1.06 bits per heavy atom. The molecular weight excluding hydrogens is 398 g/mol. The molecule has 4 rings (SSSR count). The lowest BCUT2D eigenvalue weighted by Crippen LogP contribution is -2.48. The molecule has 9 nitrogen and oxygen atoms in total. The van der Waals surface area contributed by atoms with E-state index in [1.54, 1.807) is 55.5 Å². The highest BCUT2D eigenvalue weighted by atomic mass is 16.2. The van der Waals surface area contributed by atoms with Crippen molar-refractivity contribution < 1.29 is 14.4 Å². The molecule has 1 saturated heterocycles. The fourth-order valence-electron chi connectivity index (χ4n) is 3.70. The Kier molecular flexibility index (Phi) is 5.24. The van der Waals surface area contributed by atoms with Gasteiger partial charge in [0, 0.05) is 12.8 Å². The first-order chi connectivity index (χ1) is 14.9. The highest BCUT2D eigenvalue weighted by Crippen LogP contribution is 2.31. The Labute approximate surface area is 177 Å². The minimum atomic E-state index is -1.23. The molecule has 9 heteroatoms. The number of amides is 4. The first kappa shape index (κ1) is 20.3. The van der Waals surface area contributed by atoms with E-state index in [-0.39, 0.29) is 18.4 Å². The zero-order valence-electron chi connectivity index (χ0n) is 16.8. The molecule has 2 aromatic carbocycles. The van der Waals surface area contributed by atoms with Gasteiger partial charge < -0.3 is 10.3 Å². The SMILES string of the molecule is CC[C@@]1(c2ccccc2)NC(=O)N(NC(=O)CCc2nc3ccccc3c(=O)[nH]2)C1=O. The summed E-state index contributed by atoms with van der Waals surface area (Å²) in [5.74, 6) is -0.737. The summed E-state index contributed by atoms with van der Waals surface area (Å²) >= 11 is 0.